The van der Waals surface area contributed by atoms with Crippen LogP contribution in [0.4, 0.5) is 0 Å². The molecule has 1 aromatic rings. The number of benzene rings is 1. The molecule has 1 saturated heterocycles. The molecule has 2 heterocycles. The van der Waals surface area contributed by atoms with E-state index in [9.17, 15) is 0 Å². The zero-order valence-electron chi connectivity index (χ0n) is 15.0. The van der Waals surface area contributed by atoms with Crippen LogP contribution in [-0.2, 0) is 25.4 Å². The molecule has 2 aliphatic heterocycles. The maximum atomic E-state index is 6.22. The minimum absolute atomic E-state index is 0.257. The van der Waals surface area contributed by atoms with Crippen molar-refractivity contribution in [2.75, 3.05) is 0 Å². The quantitative estimate of drug-likeness (QED) is 0.746. The minimum Gasteiger partial charge on any atom is -0.360 e. The molecule has 0 amide bonds. The molecule has 3 heteroatoms. The number of hydrogen-bond acceptors (Lipinski definition) is 3. The Morgan fingerprint density at radius 2 is 1.23 bits per heavy atom. The normalized spacial score (nSPS) is 27.8. The molecule has 122 valence electrons. The van der Waals surface area contributed by atoms with Gasteiger partial charge in [-0.25, -0.2) is 0 Å². The van der Waals surface area contributed by atoms with Crippen LogP contribution in [-0.4, -0.2) is 11.2 Å². The van der Waals surface area contributed by atoms with Crippen molar-refractivity contribution in [3.05, 3.63) is 34.9 Å². The van der Waals surface area contributed by atoms with E-state index >= 15 is 0 Å². The van der Waals surface area contributed by atoms with E-state index in [1.807, 2.05) is 0 Å². The van der Waals surface area contributed by atoms with Gasteiger partial charge in [0.15, 0.2) is 6.29 Å². The van der Waals surface area contributed by atoms with Crippen LogP contribution in [0.2, 0.25) is 0 Å². The van der Waals surface area contributed by atoms with Gasteiger partial charge < -0.3 is 14.2 Å². The summed E-state index contributed by atoms with van der Waals surface area (Å²) in [5, 5.41) is 0. The molecule has 0 radical (unpaired) electrons. The molecule has 2 aliphatic rings. The molecule has 22 heavy (non-hydrogen) atoms. The van der Waals surface area contributed by atoms with Crippen LogP contribution in [0, 0.1) is 0 Å². The van der Waals surface area contributed by atoms with E-state index in [4.69, 9.17) is 14.2 Å². The number of ether oxygens (including phenoxy) is 3. The van der Waals surface area contributed by atoms with Crippen molar-refractivity contribution < 1.29 is 14.2 Å². The lowest BCUT2D eigenvalue weighted by molar-refractivity contribution is -0.105. The molecular weight excluding hydrogens is 276 g/mol. The molecular formula is C19H28O3. The van der Waals surface area contributed by atoms with E-state index in [2.05, 4.69) is 73.6 Å². The summed E-state index contributed by atoms with van der Waals surface area (Å²) in [6, 6.07) is 6.45. The van der Waals surface area contributed by atoms with Crippen molar-refractivity contribution in [2.24, 2.45) is 0 Å². The molecule has 0 N–H and O–H groups in total. The van der Waals surface area contributed by atoms with Gasteiger partial charge in [-0.15, -0.1) is 0 Å². The van der Waals surface area contributed by atoms with Gasteiger partial charge in [-0.05, 0) is 72.6 Å². The van der Waals surface area contributed by atoms with Crippen LogP contribution in [0.5, 0.6) is 0 Å². The van der Waals surface area contributed by atoms with Gasteiger partial charge in [-0.1, -0.05) is 12.1 Å². The Labute approximate surface area is 134 Å². The van der Waals surface area contributed by atoms with Crippen LogP contribution >= 0.6 is 0 Å². The van der Waals surface area contributed by atoms with E-state index < -0.39 is 0 Å². The summed E-state index contributed by atoms with van der Waals surface area (Å²) < 4.78 is 18.6. The van der Waals surface area contributed by atoms with E-state index in [0.29, 0.717) is 0 Å². The molecule has 0 saturated carbocycles. The molecule has 0 atom stereocenters. The first-order valence-electron chi connectivity index (χ1n) is 8.06. The summed E-state index contributed by atoms with van der Waals surface area (Å²) in [7, 11) is 0. The van der Waals surface area contributed by atoms with Gasteiger partial charge >= 0.3 is 0 Å². The molecule has 1 aromatic carbocycles. The van der Waals surface area contributed by atoms with Crippen LogP contribution < -0.4 is 0 Å². The third kappa shape index (κ3) is 2.22. The topological polar surface area (TPSA) is 27.7 Å². The van der Waals surface area contributed by atoms with E-state index in [0.717, 1.165) is 5.56 Å². The van der Waals surface area contributed by atoms with E-state index in [1.165, 1.54) is 11.1 Å². The number of fused-ring (bicyclic) bond motifs is 1. The zero-order chi connectivity index (χ0) is 16.6. The highest BCUT2D eigenvalue weighted by atomic mass is 16.7. The number of hydrogen-bond donors (Lipinski definition) is 0. The first-order chi connectivity index (χ1) is 9.86. The highest BCUT2D eigenvalue weighted by Gasteiger charge is 2.50. The second kappa shape index (κ2) is 4.34. The van der Waals surface area contributed by atoms with E-state index in [-0.39, 0.29) is 28.7 Å². The average Bonchev–Trinajstić information content (AvgIpc) is 2.67. The van der Waals surface area contributed by atoms with Gasteiger partial charge in [-0.3, -0.25) is 0 Å². The molecule has 0 bridgehead atoms. The SMILES string of the molecule is CC1(C)OC(C)(C)c2cc(C3OC(C)(C)C(C)(C)O3)ccc21. The Bertz CT molecular complexity index is 595. The Morgan fingerprint density at radius 3 is 1.77 bits per heavy atom. The van der Waals surface area contributed by atoms with Crippen molar-refractivity contribution in [1.29, 1.82) is 0 Å². The van der Waals surface area contributed by atoms with Gasteiger partial charge in [0, 0.05) is 5.56 Å². The van der Waals surface area contributed by atoms with Gasteiger partial charge in [0.2, 0.25) is 0 Å². The molecule has 3 nitrogen and oxygen atoms in total. The van der Waals surface area contributed by atoms with E-state index in [1.54, 1.807) is 0 Å². The summed E-state index contributed by atoms with van der Waals surface area (Å²) in [6.07, 6.45) is -0.324. The third-order valence-electron chi connectivity index (χ3n) is 5.38. The third-order valence-corrected chi connectivity index (χ3v) is 5.38. The summed E-state index contributed by atoms with van der Waals surface area (Å²) in [5.74, 6) is 0. The Balaban J connectivity index is 2.00. The van der Waals surface area contributed by atoms with Gasteiger partial charge in [-0.2, -0.15) is 0 Å². The van der Waals surface area contributed by atoms with Crippen molar-refractivity contribution >= 4 is 0 Å². The fraction of sp³-hybridized carbons (Fsp3) is 0.684. The lowest BCUT2D eigenvalue weighted by Gasteiger charge is -2.30. The maximum Gasteiger partial charge on any atom is 0.185 e. The number of rotatable bonds is 1. The largest absolute Gasteiger partial charge is 0.360 e. The lowest BCUT2D eigenvalue weighted by atomic mass is 9.89. The van der Waals surface area contributed by atoms with Crippen LogP contribution in [0.1, 0.15) is 78.4 Å². The Kier molecular flexibility index (Phi) is 3.15. The smallest absolute Gasteiger partial charge is 0.185 e. The van der Waals surface area contributed by atoms with Crippen molar-refractivity contribution in [2.45, 2.75) is 84.1 Å². The molecule has 0 unspecified atom stereocenters. The minimum atomic E-state index is -0.324. The molecule has 0 spiro atoms. The highest BCUT2D eigenvalue weighted by Crippen LogP contribution is 2.49. The van der Waals surface area contributed by atoms with Gasteiger partial charge in [0.05, 0.1) is 22.4 Å². The Hall–Kier alpha value is -0.900. The summed E-state index contributed by atoms with van der Waals surface area (Å²) in [4.78, 5) is 0. The second-order valence-electron chi connectivity index (χ2n) is 8.52. The Morgan fingerprint density at radius 1 is 0.727 bits per heavy atom. The van der Waals surface area contributed by atoms with Gasteiger partial charge in [0.25, 0.3) is 0 Å². The predicted molar refractivity (Wildman–Crippen MR) is 86.6 cm³/mol. The first-order valence-corrected chi connectivity index (χ1v) is 8.06. The average molecular weight is 304 g/mol. The standard InChI is InChI=1S/C19H28O3/c1-16(2)13-10-9-12(11-14(13)17(3,4)22-16)15-20-18(5,6)19(7,8)21-15/h9-11,15H,1-8H3. The first kappa shape index (κ1) is 16.0. The monoisotopic (exact) mass is 304 g/mol. The second-order valence-corrected chi connectivity index (χ2v) is 8.52. The van der Waals surface area contributed by atoms with Crippen molar-refractivity contribution in [3.63, 3.8) is 0 Å². The zero-order valence-corrected chi connectivity index (χ0v) is 15.0. The maximum absolute atomic E-state index is 6.22. The van der Waals surface area contributed by atoms with Crippen LogP contribution in [0.15, 0.2) is 18.2 Å². The van der Waals surface area contributed by atoms with Crippen LogP contribution in [0.3, 0.4) is 0 Å². The van der Waals surface area contributed by atoms with Crippen molar-refractivity contribution in [1.82, 2.24) is 0 Å². The van der Waals surface area contributed by atoms with Gasteiger partial charge in [0.1, 0.15) is 0 Å². The summed E-state index contributed by atoms with van der Waals surface area (Å²) in [5.41, 5.74) is 2.35. The molecule has 0 aromatic heterocycles. The lowest BCUT2D eigenvalue weighted by Crippen LogP contribution is -2.41. The fourth-order valence-corrected chi connectivity index (χ4v) is 3.46. The highest BCUT2D eigenvalue weighted by molar-refractivity contribution is 5.43. The summed E-state index contributed by atoms with van der Waals surface area (Å²) in [6.45, 7) is 16.8. The predicted octanol–water partition coefficient (Wildman–Crippen LogP) is 4.79. The fourth-order valence-electron chi connectivity index (χ4n) is 3.46. The molecule has 0 aliphatic carbocycles. The molecule has 1 fully saturated rings. The molecule has 3 rings (SSSR count). The van der Waals surface area contributed by atoms with Crippen molar-refractivity contribution in [3.8, 4) is 0 Å². The van der Waals surface area contributed by atoms with Crippen LogP contribution in [0.25, 0.3) is 0 Å². The summed E-state index contributed by atoms with van der Waals surface area (Å²) >= 11 is 0.